The van der Waals surface area contributed by atoms with E-state index in [-0.39, 0.29) is 11.6 Å². The maximum atomic E-state index is 12.4. The normalized spacial score (nSPS) is 10.3. The summed E-state index contributed by atoms with van der Waals surface area (Å²) < 4.78 is 6.46. The van der Waals surface area contributed by atoms with Crippen molar-refractivity contribution in [2.24, 2.45) is 0 Å². The van der Waals surface area contributed by atoms with Crippen molar-refractivity contribution in [1.82, 2.24) is 0 Å². The van der Waals surface area contributed by atoms with Crippen LogP contribution in [0, 0.1) is 10.1 Å². The minimum absolute atomic E-state index is 0.0299. The lowest BCUT2D eigenvalue weighted by molar-refractivity contribution is -0.384. The fourth-order valence-corrected chi connectivity index (χ4v) is 3.05. The third-order valence-electron chi connectivity index (χ3n) is 4.02. The first-order valence-corrected chi connectivity index (χ1v) is 9.34. The molecule has 1 N–H and O–H groups in total. The van der Waals surface area contributed by atoms with Gasteiger partial charge in [0.05, 0.1) is 16.0 Å². The lowest BCUT2D eigenvalue weighted by atomic mass is 10.1. The van der Waals surface area contributed by atoms with Crippen LogP contribution in [0.2, 0.25) is 0 Å². The summed E-state index contributed by atoms with van der Waals surface area (Å²) in [7, 11) is 0. The van der Waals surface area contributed by atoms with Gasteiger partial charge in [-0.3, -0.25) is 14.9 Å². The van der Waals surface area contributed by atoms with Crippen molar-refractivity contribution in [3.05, 3.63) is 98.5 Å². The van der Waals surface area contributed by atoms with Crippen LogP contribution in [0.15, 0.2) is 77.3 Å². The molecular formula is C21H17BrN2O4. The van der Waals surface area contributed by atoms with Gasteiger partial charge in [-0.25, -0.2) is 0 Å². The van der Waals surface area contributed by atoms with Crippen molar-refractivity contribution in [3.63, 3.8) is 0 Å². The van der Waals surface area contributed by atoms with Crippen LogP contribution in [-0.2, 0) is 6.42 Å². The van der Waals surface area contributed by atoms with Crippen LogP contribution < -0.4 is 10.1 Å². The smallest absolute Gasteiger partial charge is 0.269 e. The molecule has 0 aromatic heterocycles. The monoisotopic (exact) mass is 440 g/mol. The zero-order chi connectivity index (χ0) is 19.9. The van der Waals surface area contributed by atoms with Crippen molar-refractivity contribution in [2.75, 3.05) is 11.9 Å². The Hall–Kier alpha value is -3.19. The predicted molar refractivity (Wildman–Crippen MR) is 111 cm³/mol. The highest BCUT2D eigenvalue weighted by atomic mass is 79.9. The van der Waals surface area contributed by atoms with Crippen LogP contribution >= 0.6 is 15.9 Å². The molecule has 0 heterocycles. The Morgan fingerprint density at radius 1 is 1.04 bits per heavy atom. The number of hydrogen-bond acceptors (Lipinski definition) is 4. The molecule has 1 amide bonds. The Morgan fingerprint density at radius 2 is 1.75 bits per heavy atom. The van der Waals surface area contributed by atoms with Crippen molar-refractivity contribution in [3.8, 4) is 5.75 Å². The topological polar surface area (TPSA) is 81.5 Å². The first kappa shape index (κ1) is 19.6. The van der Waals surface area contributed by atoms with Crippen molar-refractivity contribution < 1.29 is 14.5 Å². The lowest BCUT2D eigenvalue weighted by Crippen LogP contribution is -2.12. The lowest BCUT2D eigenvalue weighted by Gasteiger charge is -2.10. The molecule has 3 rings (SSSR count). The molecule has 0 unspecified atom stereocenters. The number of nitro benzene ring substituents is 1. The number of non-ortho nitro benzene ring substituents is 1. The van der Waals surface area contributed by atoms with E-state index < -0.39 is 4.92 Å². The van der Waals surface area contributed by atoms with Gasteiger partial charge in [0.25, 0.3) is 11.6 Å². The number of nitrogens with one attached hydrogen (secondary N) is 1. The molecule has 7 heteroatoms. The summed E-state index contributed by atoms with van der Waals surface area (Å²) in [5.74, 6) is 0.341. The number of hydrogen-bond donors (Lipinski definition) is 1. The van der Waals surface area contributed by atoms with Gasteiger partial charge in [0, 0.05) is 29.8 Å². The van der Waals surface area contributed by atoms with Gasteiger partial charge in [-0.1, -0.05) is 30.3 Å². The van der Waals surface area contributed by atoms with Gasteiger partial charge in [-0.15, -0.1) is 0 Å². The van der Waals surface area contributed by atoms with E-state index >= 15 is 0 Å². The Labute approximate surface area is 170 Å². The molecule has 0 aliphatic heterocycles. The molecule has 3 aromatic carbocycles. The van der Waals surface area contributed by atoms with Crippen molar-refractivity contribution >= 4 is 33.2 Å². The fourth-order valence-electron chi connectivity index (χ4n) is 2.55. The van der Waals surface area contributed by atoms with Crippen LogP contribution in [0.3, 0.4) is 0 Å². The summed E-state index contributed by atoms with van der Waals surface area (Å²) in [5.41, 5.74) is 2.09. The molecule has 0 aliphatic carbocycles. The highest BCUT2D eigenvalue weighted by Gasteiger charge is 2.11. The number of nitrogens with zero attached hydrogens (tertiary/aromatic N) is 1. The fraction of sp³-hybridized carbons (Fsp3) is 0.0952. The number of ether oxygens (including phenoxy) is 1. The van der Waals surface area contributed by atoms with E-state index in [1.165, 1.54) is 29.8 Å². The van der Waals surface area contributed by atoms with E-state index in [9.17, 15) is 14.9 Å². The molecule has 0 radical (unpaired) electrons. The summed E-state index contributed by atoms with van der Waals surface area (Å²) in [6.07, 6.45) is 0.787. The molecule has 0 saturated carbocycles. The molecule has 0 bridgehead atoms. The van der Waals surface area contributed by atoms with E-state index in [1.54, 1.807) is 18.2 Å². The van der Waals surface area contributed by atoms with Gasteiger partial charge >= 0.3 is 0 Å². The van der Waals surface area contributed by atoms with Gasteiger partial charge in [-0.2, -0.15) is 0 Å². The number of rotatable bonds is 7. The second-order valence-corrected chi connectivity index (χ2v) is 6.84. The third kappa shape index (κ3) is 5.17. The second kappa shape index (κ2) is 9.14. The Kier molecular flexibility index (Phi) is 6.39. The zero-order valence-electron chi connectivity index (χ0n) is 14.8. The first-order valence-electron chi connectivity index (χ1n) is 8.55. The molecular weight excluding hydrogens is 424 g/mol. The summed E-state index contributed by atoms with van der Waals surface area (Å²) in [6, 6.07) is 20.8. The molecule has 3 aromatic rings. The Morgan fingerprint density at radius 3 is 2.39 bits per heavy atom. The average molecular weight is 441 g/mol. The van der Waals surface area contributed by atoms with Crippen LogP contribution in [0.1, 0.15) is 15.9 Å². The van der Waals surface area contributed by atoms with Crippen LogP contribution in [0.4, 0.5) is 11.4 Å². The van der Waals surface area contributed by atoms with Crippen molar-refractivity contribution in [2.45, 2.75) is 6.42 Å². The highest BCUT2D eigenvalue weighted by Crippen LogP contribution is 2.27. The third-order valence-corrected chi connectivity index (χ3v) is 4.64. The number of carbonyl (C=O) groups excluding carboxylic acids is 1. The van der Waals surface area contributed by atoms with Gasteiger partial charge in [0.2, 0.25) is 0 Å². The predicted octanol–water partition coefficient (Wildman–Crippen LogP) is 5.23. The van der Waals surface area contributed by atoms with Gasteiger partial charge in [0.15, 0.2) is 0 Å². The zero-order valence-corrected chi connectivity index (χ0v) is 16.4. The van der Waals surface area contributed by atoms with E-state index in [4.69, 9.17) is 4.74 Å². The minimum atomic E-state index is -0.487. The summed E-state index contributed by atoms with van der Waals surface area (Å²) >= 11 is 3.43. The maximum absolute atomic E-state index is 12.4. The summed E-state index contributed by atoms with van der Waals surface area (Å²) in [6.45, 7) is 0.525. The van der Waals surface area contributed by atoms with Crippen LogP contribution in [0.5, 0.6) is 5.75 Å². The van der Waals surface area contributed by atoms with Crippen LogP contribution in [0.25, 0.3) is 0 Å². The molecule has 28 heavy (non-hydrogen) atoms. The number of nitro groups is 1. The second-order valence-electron chi connectivity index (χ2n) is 5.99. The average Bonchev–Trinajstić information content (AvgIpc) is 2.70. The SMILES string of the molecule is O=C(Nc1ccc([N+](=O)[O-])cc1)c1ccc(OCCc2ccccc2)c(Br)c1. The van der Waals surface area contributed by atoms with E-state index in [0.29, 0.717) is 28.1 Å². The number of amides is 1. The molecule has 0 spiro atoms. The standard InChI is InChI=1S/C21H17BrN2O4/c22-19-14-16(21(25)23-17-7-9-18(10-8-17)24(26)27)6-11-20(19)28-13-12-15-4-2-1-3-5-15/h1-11,14H,12-13H2,(H,23,25). The van der Waals surface area contributed by atoms with E-state index in [2.05, 4.69) is 21.2 Å². The highest BCUT2D eigenvalue weighted by molar-refractivity contribution is 9.10. The number of halogens is 1. The quantitative estimate of drug-likeness (QED) is 0.402. The molecule has 0 aliphatic rings. The molecule has 6 nitrogen and oxygen atoms in total. The molecule has 142 valence electrons. The van der Waals surface area contributed by atoms with Gasteiger partial charge in [-0.05, 0) is 51.8 Å². The summed E-state index contributed by atoms with van der Waals surface area (Å²) in [4.78, 5) is 22.6. The van der Waals surface area contributed by atoms with Gasteiger partial charge in [0.1, 0.15) is 5.75 Å². The Balaban J connectivity index is 1.59. The number of benzene rings is 3. The molecule has 0 saturated heterocycles. The van der Waals surface area contributed by atoms with Gasteiger partial charge < -0.3 is 10.1 Å². The number of anilines is 1. The summed E-state index contributed by atoms with van der Waals surface area (Å²) in [5, 5.41) is 13.4. The van der Waals surface area contributed by atoms with Crippen molar-refractivity contribution in [1.29, 1.82) is 0 Å². The largest absolute Gasteiger partial charge is 0.492 e. The maximum Gasteiger partial charge on any atom is 0.269 e. The first-order chi connectivity index (χ1) is 13.5. The van der Waals surface area contributed by atoms with Crippen LogP contribution in [-0.4, -0.2) is 17.4 Å². The minimum Gasteiger partial charge on any atom is -0.492 e. The van der Waals surface area contributed by atoms with E-state index in [0.717, 1.165) is 6.42 Å². The van der Waals surface area contributed by atoms with E-state index in [1.807, 2.05) is 30.3 Å². The Bertz CT molecular complexity index is 975. The molecule has 0 atom stereocenters. The number of carbonyl (C=O) groups is 1. The molecule has 0 fully saturated rings.